The molecule has 0 radical (unpaired) electrons. The Morgan fingerprint density at radius 2 is 1.94 bits per heavy atom. The molecule has 90 valence electrons. The molecule has 1 aromatic carbocycles. The normalized spacial score (nSPS) is 13.8. The molecular formula is C11H13F3OS. The van der Waals surface area contributed by atoms with E-state index in [2.05, 4.69) is 0 Å². The number of hydrogen-bond acceptors (Lipinski definition) is 2. The monoisotopic (exact) mass is 250 g/mol. The fourth-order valence-corrected chi connectivity index (χ4v) is 2.00. The first kappa shape index (κ1) is 13.4. The van der Waals surface area contributed by atoms with Crippen molar-refractivity contribution < 1.29 is 18.3 Å². The van der Waals surface area contributed by atoms with Gasteiger partial charge in [-0.1, -0.05) is 25.1 Å². The summed E-state index contributed by atoms with van der Waals surface area (Å²) in [6.07, 6.45) is -5.48. The molecule has 0 aliphatic heterocycles. The molecule has 0 amide bonds. The van der Waals surface area contributed by atoms with Crippen molar-refractivity contribution in [3.05, 3.63) is 35.4 Å². The van der Waals surface area contributed by atoms with Crippen LogP contribution in [0.4, 0.5) is 13.2 Å². The van der Waals surface area contributed by atoms with Gasteiger partial charge in [-0.3, -0.25) is 0 Å². The van der Waals surface area contributed by atoms with E-state index >= 15 is 0 Å². The molecule has 0 aliphatic rings. The molecule has 1 nitrogen and oxygen atoms in total. The Labute approximate surface area is 96.7 Å². The van der Waals surface area contributed by atoms with Gasteiger partial charge in [0.2, 0.25) is 0 Å². The maximum Gasteiger partial charge on any atom is 0.416 e. The molecule has 0 bridgehead atoms. The van der Waals surface area contributed by atoms with Crippen molar-refractivity contribution in [3.8, 4) is 0 Å². The van der Waals surface area contributed by atoms with Gasteiger partial charge in [-0.05, 0) is 17.4 Å². The van der Waals surface area contributed by atoms with Crippen LogP contribution in [0.15, 0.2) is 24.3 Å². The zero-order valence-electron chi connectivity index (χ0n) is 8.79. The fraction of sp³-hybridized carbons (Fsp3) is 0.455. The molecule has 16 heavy (non-hydrogen) atoms. The lowest BCUT2D eigenvalue weighted by molar-refractivity contribution is -0.139. The van der Waals surface area contributed by atoms with Crippen LogP contribution in [-0.2, 0) is 6.18 Å². The number of alkyl halides is 3. The summed E-state index contributed by atoms with van der Waals surface area (Å²) in [6, 6.07) is 5.15. The number of aliphatic hydroxyl groups is 1. The topological polar surface area (TPSA) is 20.2 Å². The summed E-state index contributed by atoms with van der Waals surface area (Å²) < 4.78 is 37.8. The minimum absolute atomic E-state index is 0.0454. The number of hydrogen-bond donors (Lipinski definition) is 1. The third-order valence-corrected chi connectivity index (χ3v) is 3.06. The number of thioether (sulfide) groups is 1. The standard InChI is InChI=1S/C11H13F3OS/c1-2-16-7-10(15)8-5-3-4-6-9(8)11(12,13)14/h3-6,10,15H,2,7H2,1H3. The summed E-state index contributed by atoms with van der Waals surface area (Å²) >= 11 is 1.41. The molecule has 0 saturated carbocycles. The van der Waals surface area contributed by atoms with Gasteiger partial charge in [0.1, 0.15) is 0 Å². The van der Waals surface area contributed by atoms with Gasteiger partial charge in [0.15, 0.2) is 0 Å². The molecule has 0 heterocycles. The van der Waals surface area contributed by atoms with Crippen molar-refractivity contribution >= 4 is 11.8 Å². The summed E-state index contributed by atoms with van der Waals surface area (Å²) in [4.78, 5) is 0. The van der Waals surface area contributed by atoms with Crippen molar-refractivity contribution in [3.63, 3.8) is 0 Å². The second kappa shape index (κ2) is 5.59. The smallest absolute Gasteiger partial charge is 0.388 e. The Morgan fingerprint density at radius 3 is 2.50 bits per heavy atom. The number of halogens is 3. The zero-order chi connectivity index (χ0) is 12.2. The van der Waals surface area contributed by atoms with Gasteiger partial charge in [-0.2, -0.15) is 24.9 Å². The molecule has 0 fully saturated rings. The highest BCUT2D eigenvalue weighted by Crippen LogP contribution is 2.35. The third-order valence-electron chi connectivity index (χ3n) is 2.11. The molecule has 0 aromatic heterocycles. The van der Waals surface area contributed by atoms with E-state index in [1.165, 1.54) is 30.0 Å². The highest BCUT2D eigenvalue weighted by Gasteiger charge is 2.34. The summed E-state index contributed by atoms with van der Waals surface area (Å²) in [5, 5.41) is 9.67. The average Bonchev–Trinajstić information content (AvgIpc) is 2.24. The van der Waals surface area contributed by atoms with E-state index in [9.17, 15) is 18.3 Å². The van der Waals surface area contributed by atoms with E-state index < -0.39 is 17.8 Å². The lowest BCUT2D eigenvalue weighted by Gasteiger charge is -2.16. The van der Waals surface area contributed by atoms with Crippen LogP contribution in [0.3, 0.4) is 0 Å². The van der Waals surface area contributed by atoms with E-state index in [4.69, 9.17) is 0 Å². The predicted octanol–water partition coefficient (Wildman–Crippen LogP) is 3.49. The Hall–Kier alpha value is -0.680. The van der Waals surface area contributed by atoms with Crippen LogP contribution in [0.1, 0.15) is 24.2 Å². The fourth-order valence-electron chi connectivity index (χ4n) is 1.36. The van der Waals surface area contributed by atoms with E-state index in [0.717, 1.165) is 11.8 Å². The molecular weight excluding hydrogens is 237 g/mol. The van der Waals surface area contributed by atoms with Crippen molar-refractivity contribution in [1.82, 2.24) is 0 Å². The Bertz CT molecular complexity index is 338. The highest BCUT2D eigenvalue weighted by molar-refractivity contribution is 7.99. The van der Waals surface area contributed by atoms with Gasteiger partial charge >= 0.3 is 6.18 Å². The van der Waals surface area contributed by atoms with Crippen molar-refractivity contribution in [2.45, 2.75) is 19.2 Å². The van der Waals surface area contributed by atoms with E-state index in [1.54, 1.807) is 0 Å². The number of rotatable bonds is 4. The van der Waals surface area contributed by atoms with Gasteiger partial charge < -0.3 is 5.11 Å². The Balaban J connectivity index is 2.94. The first-order valence-corrected chi connectivity index (χ1v) is 6.04. The van der Waals surface area contributed by atoms with Gasteiger partial charge in [0.25, 0.3) is 0 Å². The first-order chi connectivity index (χ1) is 7.46. The molecule has 0 spiro atoms. The average molecular weight is 250 g/mol. The van der Waals surface area contributed by atoms with Crippen LogP contribution in [-0.4, -0.2) is 16.6 Å². The first-order valence-electron chi connectivity index (χ1n) is 4.88. The molecule has 0 aliphatic carbocycles. The molecule has 1 rings (SSSR count). The van der Waals surface area contributed by atoms with Gasteiger partial charge in [0.05, 0.1) is 11.7 Å². The van der Waals surface area contributed by atoms with Crippen LogP contribution in [0.25, 0.3) is 0 Å². The van der Waals surface area contributed by atoms with Crippen molar-refractivity contribution in [2.24, 2.45) is 0 Å². The second-order valence-electron chi connectivity index (χ2n) is 3.26. The summed E-state index contributed by atoms with van der Waals surface area (Å²) in [7, 11) is 0. The van der Waals surface area contributed by atoms with E-state index in [0.29, 0.717) is 0 Å². The molecule has 0 saturated heterocycles. The van der Waals surface area contributed by atoms with Crippen LogP contribution in [0, 0.1) is 0 Å². The Morgan fingerprint density at radius 1 is 1.31 bits per heavy atom. The maximum atomic E-state index is 12.6. The minimum atomic E-state index is -4.41. The van der Waals surface area contributed by atoms with Crippen LogP contribution < -0.4 is 0 Å². The van der Waals surface area contributed by atoms with Crippen LogP contribution >= 0.6 is 11.8 Å². The van der Waals surface area contributed by atoms with E-state index in [-0.39, 0.29) is 11.3 Å². The van der Waals surface area contributed by atoms with Crippen LogP contribution in [0.2, 0.25) is 0 Å². The summed E-state index contributed by atoms with van der Waals surface area (Å²) in [5.41, 5.74) is -0.796. The van der Waals surface area contributed by atoms with E-state index in [1.807, 2.05) is 6.92 Å². The SMILES string of the molecule is CCSCC(O)c1ccccc1C(F)(F)F. The van der Waals surface area contributed by atoms with Crippen molar-refractivity contribution in [1.29, 1.82) is 0 Å². The summed E-state index contributed by atoms with van der Waals surface area (Å²) in [5.74, 6) is 1.05. The van der Waals surface area contributed by atoms with Crippen molar-refractivity contribution in [2.75, 3.05) is 11.5 Å². The predicted molar refractivity (Wildman–Crippen MR) is 59.4 cm³/mol. The lowest BCUT2D eigenvalue weighted by atomic mass is 10.0. The zero-order valence-corrected chi connectivity index (χ0v) is 9.61. The minimum Gasteiger partial charge on any atom is -0.388 e. The molecule has 1 aromatic rings. The van der Waals surface area contributed by atoms with Gasteiger partial charge in [-0.15, -0.1) is 0 Å². The molecule has 1 atom stereocenters. The highest BCUT2D eigenvalue weighted by atomic mass is 32.2. The number of aliphatic hydroxyl groups excluding tert-OH is 1. The molecule has 1 N–H and O–H groups in total. The second-order valence-corrected chi connectivity index (χ2v) is 4.58. The number of benzene rings is 1. The quantitative estimate of drug-likeness (QED) is 0.882. The largest absolute Gasteiger partial charge is 0.416 e. The van der Waals surface area contributed by atoms with Gasteiger partial charge in [0, 0.05) is 5.75 Å². The Kier molecular flexibility index (Phi) is 4.68. The lowest BCUT2D eigenvalue weighted by Crippen LogP contribution is -2.13. The van der Waals surface area contributed by atoms with Crippen LogP contribution in [0.5, 0.6) is 0 Å². The third kappa shape index (κ3) is 3.42. The molecule has 1 unspecified atom stereocenters. The van der Waals surface area contributed by atoms with Gasteiger partial charge in [-0.25, -0.2) is 0 Å². The molecule has 5 heteroatoms. The maximum absolute atomic E-state index is 12.6. The summed E-state index contributed by atoms with van der Waals surface area (Å²) in [6.45, 7) is 1.90.